The van der Waals surface area contributed by atoms with E-state index in [0.717, 1.165) is 50.1 Å². The number of amides is 1. The van der Waals surface area contributed by atoms with Crippen molar-refractivity contribution in [1.82, 2.24) is 10.2 Å². The van der Waals surface area contributed by atoms with Crippen LogP contribution in [-0.2, 0) is 4.79 Å². The standard InChI is InChI=1S/C30H35N3O4/c34-29(23-8-10-27-28(18-23)37-16-15-36-27)26(20-32-12-3-4-13-32)31-30(35)24-11-14-33(19-24)25-9-7-21-5-1-2-6-22(21)17-25/h1-2,5-10,17-18,24,26,29,34H,3-4,11-16,19-20H2,(H,31,35)/t24-,26?,29?/m0/s1. The van der Waals surface area contributed by atoms with Crippen LogP contribution in [0.3, 0.4) is 0 Å². The molecule has 7 nitrogen and oxygen atoms in total. The van der Waals surface area contributed by atoms with Crippen LogP contribution in [0.5, 0.6) is 11.5 Å². The van der Waals surface area contributed by atoms with E-state index in [-0.39, 0.29) is 11.8 Å². The van der Waals surface area contributed by atoms with Gasteiger partial charge in [-0.15, -0.1) is 0 Å². The van der Waals surface area contributed by atoms with Gasteiger partial charge in [0.15, 0.2) is 11.5 Å². The molecule has 0 bridgehead atoms. The summed E-state index contributed by atoms with van der Waals surface area (Å²) in [6.07, 6.45) is 2.28. The summed E-state index contributed by atoms with van der Waals surface area (Å²) in [5.41, 5.74) is 1.89. The second-order valence-electron chi connectivity index (χ2n) is 10.4. The molecule has 3 aromatic rings. The van der Waals surface area contributed by atoms with E-state index in [1.165, 1.54) is 10.8 Å². The number of aliphatic hydroxyl groups is 1. The number of hydrogen-bond acceptors (Lipinski definition) is 6. The first kappa shape index (κ1) is 24.1. The Morgan fingerprint density at radius 2 is 1.73 bits per heavy atom. The van der Waals surface area contributed by atoms with Crippen molar-refractivity contribution in [2.45, 2.75) is 31.4 Å². The smallest absolute Gasteiger partial charge is 0.225 e. The number of carbonyl (C=O) groups is 1. The molecule has 3 atom stereocenters. The van der Waals surface area contributed by atoms with Crippen molar-refractivity contribution in [3.63, 3.8) is 0 Å². The van der Waals surface area contributed by atoms with Gasteiger partial charge < -0.3 is 29.7 Å². The first-order valence-corrected chi connectivity index (χ1v) is 13.5. The number of nitrogens with one attached hydrogen (secondary N) is 1. The van der Waals surface area contributed by atoms with E-state index in [0.29, 0.717) is 37.8 Å². The predicted octanol–water partition coefficient (Wildman–Crippen LogP) is 3.75. The molecule has 3 aliphatic heterocycles. The molecule has 0 aliphatic carbocycles. The monoisotopic (exact) mass is 501 g/mol. The first-order valence-electron chi connectivity index (χ1n) is 13.5. The zero-order valence-corrected chi connectivity index (χ0v) is 21.1. The number of benzene rings is 3. The molecular weight excluding hydrogens is 466 g/mol. The Hall–Kier alpha value is -3.29. The van der Waals surface area contributed by atoms with Crippen LogP contribution in [-0.4, -0.2) is 67.9 Å². The fraction of sp³-hybridized carbons (Fsp3) is 0.433. The lowest BCUT2D eigenvalue weighted by atomic mass is 9.99. The predicted molar refractivity (Wildman–Crippen MR) is 144 cm³/mol. The van der Waals surface area contributed by atoms with Gasteiger partial charge in [-0.2, -0.15) is 0 Å². The molecule has 3 heterocycles. The lowest BCUT2D eigenvalue weighted by Gasteiger charge is -2.30. The van der Waals surface area contributed by atoms with Crippen LogP contribution in [0, 0.1) is 5.92 Å². The molecule has 194 valence electrons. The van der Waals surface area contributed by atoms with E-state index in [9.17, 15) is 9.90 Å². The number of aliphatic hydroxyl groups excluding tert-OH is 1. The summed E-state index contributed by atoms with van der Waals surface area (Å²) in [6, 6.07) is 20.0. The second-order valence-corrected chi connectivity index (χ2v) is 10.4. The fourth-order valence-electron chi connectivity index (χ4n) is 5.83. The number of rotatable bonds is 7. The van der Waals surface area contributed by atoms with Gasteiger partial charge in [-0.05, 0) is 73.0 Å². The van der Waals surface area contributed by atoms with Crippen molar-refractivity contribution >= 4 is 22.4 Å². The van der Waals surface area contributed by atoms with Gasteiger partial charge in [0.1, 0.15) is 19.3 Å². The summed E-state index contributed by atoms with van der Waals surface area (Å²) in [5, 5.41) is 17.1. The van der Waals surface area contributed by atoms with Crippen molar-refractivity contribution in [2.24, 2.45) is 5.92 Å². The fourth-order valence-corrected chi connectivity index (χ4v) is 5.83. The molecule has 37 heavy (non-hydrogen) atoms. The normalized spacial score (nSPS) is 21.2. The average molecular weight is 502 g/mol. The van der Waals surface area contributed by atoms with E-state index in [1.807, 2.05) is 18.2 Å². The number of fused-ring (bicyclic) bond motifs is 2. The lowest BCUT2D eigenvalue weighted by molar-refractivity contribution is -0.126. The van der Waals surface area contributed by atoms with E-state index in [4.69, 9.17) is 9.47 Å². The third-order valence-electron chi connectivity index (χ3n) is 7.93. The van der Waals surface area contributed by atoms with E-state index in [1.54, 1.807) is 0 Å². The van der Waals surface area contributed by atoms with Crippen LogP contribution >= 0.6 is 0 Å². The van der Waals surface area contributed by atoms with Gasteiger partial charge in [0.2, 0.25) is 5.91 Å². The van der Waals surface area contributed by atoms with Crippen LogP contribution < -0.4 is 19.7 Å². The SMILES string of the molecule is O=C(NC(CN1CCCC1)C(O)c1ccc2c(c1)OCCO2)[C@H]1CCN(c2ccc3ccccc3c2)C1. The largest absolute Gasteiger partial charge is 0.486 e. The molecule has 2 fully saturated rings. The lowest BCUT2D eigenvalue weighted by Crippen LogP contribution is -2.48. The second kappa shape index (κ2) is 10.6. The molecule has 1 amide bonds. The van der Waals surface area contributed by atoms with Crippen LogP contribution in [0.15, 0.2) is 60.7 Å². The molecular formula is C30H35N3O4. The summed E-state index contributed by atoms with van der Waals surface area (Å²) in [5.74, 6) is 1.25. The quantitative estimate of drug-likeness (QED) is 0.514. The molecule has 3 aliphatic rings. The molecule has 2 saturated heterocycles. The molecule has 6 rings (SSSR count). The van der Waals surface area contributed by atoms with E-state index in [2.05, 4.69) is 57.6 Å². The Kier molecular flexibility index (Phi) is 6.89. The van der Waals surface area contributed by atoms with Gasteiger partial charge in [-0.3, -0.25) is 4.79 Å². The minimum atomic E-state index is -0.835. The highest BCUT2D eigenvalue weighted by atomic mass is 16.6. The van der Waals surface area contributed by atoms with Gasteiger partial charge in [-0.1, -0.05) is 36.4 Å². The Balaban J connectivity index is 1.15. The van der Waals surface area contributed by atoms with Crippen LogP contribution in [0.1, 0.15) is 30.9 Å². The highest BCUT2D eigenvalue weighted by Gasteiger charge is 2.33. The highest BCUT2D eigenvalue weighted by molar-refractivity contribution is 5.86. The summed E-state index contributed by atoms with van der Waals surface area (Å²) in [4.78, 5) is 18.1. The number of ether oxygens (including phenoxy) is 2. The van der Waals surface area contributed by atoms with Crippen molar-refractivity contribution < 1.29 is 19.4 Å². The summed E-state index contributed by atoms with van der Waals surface area (Å²) < 4.78 is 11.4. The Morgan fingerprint density at radius 3 is 2.57 bits per heavy atom. The number of likely N-dealkylation sites (tertiary alicyclic amines) is 1. The molecule has 7 heteroatoms. The van der Waals surface area contributed by atoms with Gasteiger partial charge in [0.05, 0.1) is 12.0 Å². The third-order valence-corrected chi connectivity index (χ3v) is 7.93. The van der Waals surface area contributed by atoms with Crippen molar-refractivity contribution in [3.05, 3.63) is 66.2 Å². The molecule has 2 N–H and O–H groups in total. The summed E-state index contributed by atoms with van der Waals surface area (Å²) >= 11 is 0. The maximum atomic E-state index is 13.5. The Morgan fingerprint density at radius 1 is 0.946 bits per heavy atom. The van der Waals surface area contributed by atoms with Crippen molar-refractivity contribution in [2.75, 3.05) is 50.8 Å². The molecule has 0 spiro atoms. The molecule has 3 aromatic carbocycles. The van der Waals surface area contributed by atoms with Gasteiger partial charge in [0.25, 0.3) is 0 Å². The average Bonchev–Trinajstić information content (AvgIpc) is 3.64. The minimum Gasteiger partial charge on any atom is -0.486 e. The topological polar surface area (TPSA) is 74.3 Å². The number of nitrogens with zero attached hydrogens (tertiary/aromatic N) is 2. The molecule has 2 unspecified atom stereocenters. The molecule has 0 saturated carbocycles. The molecule has 0 aromatic heterocycles. The number of hydrogen-bond donors (Lipinski definition) is 2. The zero-order chi connectivity index (χ0) is 25.2. The Bertz CT molecular complexity index is 1260. The van der Waals surface area contributed by atoms with Gasteiger partial charge >= 0.3 is 0 Å². The van der Waals surface area contributed by atoms with Crippen molar-refractivity contribution in [3.8, 4) is 11.5 Å². The van der Waals surface area contributed by atoms with Crippen molar-refractivity contribution in [1.29, 1.82) is 0 Å². The Labute approximate surface area is 218 Å². The van der Waals surface area contributed by atoms with Gasteiger partial charge in [0, 0.05) is 25.3 Å². The number of anilines is 1. The number of carbonyl (C=O) groups excluding carboxylic acids is 1. The van der Waals surface area contributed by atoms with Crippen LogP contribution in [0.2, 0.25) is 0 Å². The summed E-state index contributed by atoms with van der Waals surface area (Å²) in [7, 11) is 0. The maximum Gasteiger partial charge on any atom is 0.225 e. The van der Waals surface area contributed by atoms with Crippen LogP contribution in [0.25, 0.3) is 10.8 Å². The molecule has 0 radical (unpaired) electrons. The van der Waals surface area contributed by atoms with E-state index >= 15 is 0 Å². The maximum absolute atomic E-state index is 13.5. The minimum absolute atomic E-state index is 0.0177. The van der Waals surface area contributed by atoms with Gasteiger partial charge in [-0.25, -0.2) is 0 Å². The third kappa shape index (κ3) is 5.24. The first-order chi connectivity index (χ1) is 18.1. The highest BCUT2D eigenvalue weighted by Crippen LogP contribution is 2.34. The van der Waals surface area contributed by atoms with E-state index < -0.39 is 12.1 Å². The summed E-state index contributed by atoms with van der Waals surface area (Å²) in [6.45, 7) is 5.18. The zero-order valence-electron chi connectivity index (χ0n) is 21.1. The van der Waals surface area contributed by atoms with Crippen LogP contribution in [0.4, 0.5) is 5.69 Å².